The zero-order valence-electron chi connectivity index (χ0n) is 15.2. The first-order valence-electron chi connectivity index (χ1n) is 9.03. The number of rotatable bonds is 6. The van der Waals surface area contributed by atoms with Crippen molar-refractivity contribution < 1.29 is 14.3 Å². The van der Waals surface area contributed by atoms with Crippen molar-refractivity contribution in [1.82, 2.24) is 0 Å². The molecule has 0 fully saturated rings. The van der Waals surface area contributed by atoms with Crippen molar-refractivity contribution in [2.24, 2.45) is 0 Å². The van der Waals surface area contributed by atoms with E-state index in [1.54, 1.807) is 25.3 Å². The van der Waals surface area contributed by atoms with E-state index < -0.39 is 6.10 Å². The molecule has 3 rings (SSSR count). The number of benzene rings is 2. The monoisotopic (exact) mass is 373 g/mol. The van der Waals surface area contributed by atoms with Gasteiger partial charge in [0.05, 0.1) is 12.1 Å². The molecule has 1 amide bonds. The normalized spacial score (nSPS) is 14.3. The lowest BCUT2D eigenvalue weighted by atomic mass is 9.92. The average molecular weight is 374 g/mol. The fraction of sp³-hybridized carbons (Fsp3) is 0.381. The quantitative estimate of drug-likeness (QED) is 0.773. The molecule has 26 heavy (non-hydrogen) atoms. The Hall–Kier alpha value is -2.20. The van der Waals surface area contributed by atoms with Crippen LogP contribution in [0, 0.1) is 0 Å². The summed E-state index contributed by atoms with van der Waals surface area (Å²) in [5, 5.41) is 3.32. The number of ether oxygens (including phenoxy) is 2. The highest BCUT2D eigenvalue weighted by Crippen LogP contribution is 2.28. The number of carbonyl (C=O) groups excluding carboxylic acids is 1. The van der Waals surface area contributed by atoms with Gasteiger partial charge in [-0.25, -0.2) is 0 Å². The number of amides is 1. The third-order valence-corrected chi connectivity index (χ3v) is 4.98. The SMILES string of the molecule is CC[C@@H](Oc1ccc2c(c1)CCCC2)C(=O)Nc1ccc(OC)c(Cl)c1. The summed E-state index contributed by atoms with van der Waals surface area (Å²) >= 11 is 6.12. The second-order valence-electron chi connectivity index (χ2n) is 6.49. The van der Waals surface area contributed by atoms with E-state index in [1.165, 1.54) is 24.0 Å². The van der Waals surface area contributed by atoms with Crippen LogP contribution in [0.3, 0.4) is 0 Å². The molecule has 2 aromatic rings. The van der Waals surface area contributed by atoms with Crippen molar-refractivity contribution in [2.45, 2.75) is 45.1 Å². The second-order valence-corrected chi connectivity index (χ2v) is 6.90. The number of methoxy groups -OCH3 is 1. The van der Waals surface area contributed by atoms with Crippen LogP contribution < -0.4 is 14.8 Å². The minimum absolute atomic E-state index is 0.188. The number of hydrogen-bond acceptors (Lipinski definition) is 3. The van der Waals surface area contributed by atoms with Crippen molar-refractivity contribution >= 4 is 23.2 Å². The Bertz CT molecular complexity index is 791. The lowest BCUT2D eigenvalue weighted by Crippen LogP contribution is -2.32. The van der Waals surface area contributed by atoms with E-state index in [-0.39, 0.29) is 5.91 Å². The van der Waals surface area contributed by atoms with Gasteiger partial charge in [0.25, 0.3) is 5.91 Å². The van der Waals surface area contributed by atoms with Crippen LogP contribution in [-0.2, 0) is 17.6 Å². The van der Waals surface area contributed by atoms with Crippen molar-refractivity contribution in [1.29, 1.82) is 0 Å². The fourth-order valence-corrected chi connectivity index (χ4v) is 3.49. The van der Waals surface area contributed by atoms with E-state index in [2.05, 4.69) is 17.4 Å². The minimum atomic E-state index is -0.558. The number of aryl methyl sites for hydroxylation is 2. The van der Waals surface area contributed by atoms with E-state index in [0.717, 1.165) is 18.6 Å². The molecule has 4 nitrogen and oxygen atoms in total. The highest BCUT2D eigenvalue weighted by atomic mass is 35.5. The van der Waals surface area contributed by atoms with Gasteiger partial charge in [0.15, 0.2) is 6.10 Å². The Morgan fingerprint density at radius 2 is 1.92 bits per heavy atom. The first-order valence-corrected chi connectivity index (χ1v) is 9.41. The highest BCUT2D eigenvalue weighted by molar-refractivity contribution is 6.32. The van der Waals surface area contributed by atoms with Crippen LogP contribution in [0.1, 0.15) is 37.3 Å². The Kier molecular flexibility index (Phi) is 6.04. The van der Waals surface area contributed by atoms with Crippen LogP contribution in [0.4, 0.5) is 5.69 Å². The van der Waals surface area contributed by atoms with Gasteiger partial charge in [0.2, 0.25) is 0 Å². The van der Waals surface area contributed by atoms with Crippen molar-refractivity contribution in [2.75, 3.05) is 12.4 Å². The summed E-state index contributed by atoms with van der Waals surface area (Å²) in [6, 6.07) is 11.3. The maximum Gasteiger partial charge on any atom is 0.265 e. The molecule has 1 aliphatic rings. The Morgan fingerprint density at radius 3 is 2.62 bits per heavy atom. The van der Waals surface area contributed by atoms with Gasteiger partial charge in [-0.05, 0) is 73.6 Å². The van der Waals surface area contributed by atoms with Crippen molar-refractivity contribution in [3.05, 3.63) is 52.5 Å². The molecule has 0 bridgehead atoms. The van der Waals surface area contributed by atoms with Gasteiger partial charge in [0.1, 0.15) is 11.5 Å². The van der Waals surface area contributed by atoms with Crippen LogP contribution >= 0.6 is 11.6 Å². The largest absolute Gasteiger partial charge is 0.495 e. The van der Waals surface area contributed by atoms with E-state index in [9.17, 15) is 4.79 Å². The first kappa shape index (κ1) is 18.6. The molecule has 1 N–H and O–H groups in total. The molecule has 0 unspecified atom stereocenters. The van der Waals surface area contributed by atoms with E-state index in [1.807, 2.05) is 13.0 Å². The fourth-order valence-electron chi connectivity index (χ4n) is 3.24. The van der Waals surface area contributed by atoms with Gasteiger partial charge in [-0.3, -0.25) is 4.79 Å². The molecule has 0 heterocycles. The summed E-state index contributed by atoms with van der Waals surface area (Å²) in [7, 11) is 1.55. The van der Waals surface area contributed by atoms with Crippen molar-refractivity contribution in [3.8, 4) is 11.5 Å². The van der Waals surface area contributed by atoms with Crippen LogP contribution in [0.5, 0.6) is 11.5 Å². The van der Waals surface area contributed by atoms with Gasteiger partial charge in [-0.15, -0.1) is 0 Å². The Labute approximate surface area is 159 Å². The smallest absolute Gasteiger partial charge is 0.265 e. The number of fused-ring (bicyclic) bond motifs is 1. The summed E-state index contributed by atoms with van der Waals surface area (Å²) < 4.78 is 11.1. The molecule has 2 aromatic carbocycles. The van der Waals surface area contributed by atoms with E-state index in [0.29, 0.717) is 22.9 Å². The third kappa shape index (κ3) is 4.31. The zero-order valence-corrected chi connectivity index (χ0v) is 15.9. The van der Waals surface area contributed by atoms with Crippen molar-refractivity contribution in [3.63, 3.8) is 0 Å². The van der Waals surface area contributed by atoms with Gasteiger partial charge in [-0.1, -0.05) is 24.6 Å². The van der Waals surface area contributed by atoms with Crippen LogP contribution in [-0.4, -0.2) is 19.1 Å². The van der Waals surface area contributed by atoms with Gasteiger partial charge < -0.3 is 14.8 Å². The number of carbonyl (C=O) groups is 1. The van der Waals surface area contributed by atoms with E-state index >= 15 is 0 Å². The number of nitrogens with one attached hydrogen (secondary N) is 1. The summed E-state index contributed by atoms with van der Waals surface area (Å²) in [5.74, 6) is 1.13. The molecule has 5 heteroatoms. The standard InChI is InChI=1S/C21H24ClNO3/c1-3-19(21(24)23-16-9-11-20(25-2)18(22)13-16)26-17-10-8-14-6-4-5-7-15(14)12-17/h8-13,19H,3-7H2,1-2H3,(H,23,24)/t19-/m1/s1. The zero-order chi connectivity index (χ0) is 18.5. The lowest BCUT2D eigenvalue weighted by molar-refractivity contribution is -0.122. The molecule has 1 aliphatic carbocycles. The lowest BCUT2D eigenvalue weighted by Gasteiger charge is -2.20. The van der Waals surface area contributed by atoms with Gasteiger partial charge in [0, 0.05) is 5.69 Å². The molecule has 0 saturated heterocycles. The summed E-state index contributed by atoms with van der Waals surface area (Å²) in [4.78, 5) is 12.6. The first-order chi connectivity index (χ1) is 12.6. The molecule has 0 saturated carbocycles. The molecule has 0 spiro atoms. The molecule has 0 aliphatic heterocycles. The summed E-state index contributed by atoms with van der Waals surface area (Å²) in [6.45, 7) is 1.93. The summed E-state index contributed by atoms with van der Waals surface area (Å²) in [6.07, 6.45) is 4.69. The predicted molar refractivity (Wildman–Crippen MR) is 104 cm³/mol. The summed E-state index contributed by atoms with van der Waals surface area (Å²) in [5.41, 5.74) is 3.35. The topological polar surface area (TPSA) is 47.6 Å². The average Bonchev–Trinajstić information content (AvgIpc) is 2.66. The third-order valence-electron chi connectivity index (χ3n) is 4.68. The Morgan fingerprint density at radius 1 is 1.15 bits per heavy atom. The molecule has 0 radical (unpaired) electrons. The van der Waals surface area contributed by atoms with E-state index in [4.69, 9.17) is 21.1 Å². The molecule has 138 valence electrons. The van der Waals surface area contributed by atoms with Gasteiger partial charge in [-0.2, -0.15) is 0 Å². The Balaban J connectivity index is 1.68. The van der Waals surface area contributed by atoms with Crippen LogP contribution in [0.25, 0.3) is 0 Å². The van der Waals surface area contributed by atoms with Crippen LogP contribution in [0.2, 0.25) is 5.02 Å². The van der Waals surface area contributed by atoms with Gasteiger partial charge >= 0.3 is 0 Å². The number of anilines is 1. The molecular formula is C21H24ClNO3. The van der Waals surface area contributed by atoms with Crippen LogP contribution in [0.15, 0.2) is 36.4 Å². The maximum absolute atomic E-state index is 12.6. The minimum Gasteiger partial charge on any atom is -0.495 e. The number of hydrogen-bond donors (Lipinski definition) is 1. The molecule has 1 atom stereocenters. The number of halogens is 1. The molecular weight excluding hydrogens is 350 g/mol. The molecule has 0 aromatic heterocycles. The predicted octanol–water partition coefficient (Wildman–Crippen LogP) is 5.02. The highest BCUT2D eigenvalue weighted by Gasteiger charge is 2.20. The second kappa shape index (κ2) is 8.45. The maximum atomic E-state index is 12.6.